The highest BCUT2D eigenvalue weighted by molar-refractivity contribution is 5.79. The molecule has 172 valence electrons. The number of nitrogens with zero attached hydrogens (tertiary/aromatic N) is 1. The Morgan fingerprint density at radius 1 is 1.13 bits per heavy atom. The van der Waals surface area contributed by atoms with Gasteiger partial charge in [0.15, 0.2) is 12.6 Å². The molecule has 0 radical (unpaired) electrons. The number of rotatable bonds is 12. The van der Waals surface area contributed by atoms with Gasteiger partial charge in [-0.2, -0.15) is 0 Å². The lowest BCUT2D eigenvalue weighted by molar-refractivity contribution is -0.123. The summed E-state index contributed by atoms with van der Waals surface area (Å²) in [5.41, 5.74) is 1.04. The third-order valence-corrected chi connectivity index (χ3v) is 5.49. The van der Waals surface area contributed by atoms with E-state index < -0.39 is 0 Å². The first-order chi connectivity index (χ1) is 15.2. The molecule has 1 amide bonds. The normalized spacial score (nSPS) is 17.3. The number of nitrogens with one attached hydrogen (secondary N) is 3. The summed E-state index contributed by atoms with van der Waals surface area (Å²) >= 11 is 0. The lowest BCUT2D eigenvalue weighted by Crippen LogP contribution is -2.38. The van der Waals surface area contributed by atoms with Crippen LogP contribution in [-0.2, 0) is 16.1 Å². The Bertz CT molecular complexity index is 700. The van der Waals surface area contributed by atoms with Gasteiger partial charge in [0.2, 0.25) is 0 Å². The monoisotopic (exact) mass is 430 g/mol. The van der Waals surface area contributed by atoms with Crippen LogP contribution < -0.4 is 20.7 Å². The Labute approximate surface area is 186 Å². The van der Waals surface area contributed by atoms with Gasteiger partial charge in [0.1, 0.15) is 5.75 Å². The summed E-state index contributed by atoms with van der Waals surface area (Å²) in [6.45, 7) is 5.09. The van der Waals surface area contributed by atoms with Gasteiger partial charge in [0, 0.05) is 25.7 Å². The summed E-state index contributed by atoms with van der Waals surface area (Å²) in [5.74, 6) is 1.43. The van der Waals surface area contributed by atoms with Crippen molar-refractivity contribution in [2.45, 2.75) is 77.0 Å². The first-order valence-electron chi connectivity index (χ1n) is 11.9. The largest absolute Gasteiger partial charge is 0.484 e. The number of carbonyl (C=O) groups excluding carboxylic acids is 1. The van der Waals surface area contributed by atoms with Gasteiger partial charge >= 0.3 is 0 Å². The molecule has 0 atom stereocenters. The van der Waals surface area contributed by atoms with Crippen molar-refractivity contribution in [1.29, 1.82) is 0 Å². The topological polar surface area (TPSA) is 84.0 Å². The molecule has 0 bridgehead atoms. The lowest BCUT2D eigenvalue weighted by Gasteiger charge is -2.22. The van der Waals surface area contributed by atoms with E-state index in [-0.39, 0.29) is 12.5 Å². The molecule has 3 rings (SSSR count). The molecule has 0 unspecified atom stereocenters. The minimum absolute atomic E-state index is 0.0519. The van der Waals surface area contributed by atoms with Gasteiger partial charge in [-0.15, -0.1) is 0 Å². The third kappa shape index (κ3) is 9.59. The zero-order valence-electron chi connectivity index (χ0n) is 18.8. The van der Waals surface area contributed by atoms with Crippen LogP contribution in [0.25, 0.3) is 0 Å². The van der Waals surface area contributed by atoms with Gasteiger partial charge < -0.3 is 25.4 Å². The maximum Gasteiger partial charge on any atom is 0.258 e. The highest BCUT2D eigenvalue weighted by Crippen LogP contribution is 2.20. The van der Waals surface area contributed by atoms with Crippen LogP contribution in [0.4, 0.5) is 0 Å². The van der Waals surface area contributed by atoms with Crippen LogP contribution >= 0.6 is 0 Å². The van der Waals surface area contributed by atoms with Crippen molar-refractivity contribution in [1.82, 2.24) is 16.0 Å². The number of hydrogen-bond donors (Lipinski definition) is 3. The fourth-order valence-electron chi connectivity index (χ4n) is 3.65. The van der Waals surface area contributed by atoms with Gasteiger partial charge in [-0.25, -0.2) is 4.99 Å². The molecular weight excluding hydrogens is 392 g/mol. The molecular formula is C24H38N4O3. The van der Waals surface area contributed by atoms with Crippen LogP contribution in [0.2, 0.25) is 0 Å². The quantitative estimate of drug-likeness (QED) is 0.270. The second-order valence-corrected chi connectivity index (χ2v) is 8.38. The molecule has 1 aromatic rings. The van der Waals surface area contributed by atoms with Crippen molar-refractivity contribution < 1.29 is 14.3 Å². The molecule has 7 nitrogen and oxygen atoms in total. The van der Waals surface area contributed by atoms with E-state index in [1.54, 1.807) is 0 Å². The number of carbonyl (C=O) groups is 1. The highest BCUT2D eigenvalue weighted by atomic mass is 16.5. The molecule has 0 aliphatic heterocycles. The van der Waals surface area contributed by atoms with Gasteiger partial charge in [-0.1, -0.05) is 31.4 Å². The molecule has 0 heterocycles. The van der Waals surface area contributed by atoms with E-state index in [0.29, 0.717) is 24.4 Å². The van der Waals surface area contributed by atoms with Crippen molar-refractivity contribution >= 4 is 11.9 Å². The van der Waals surface area contributed by atoms with E-state index >= 15 is 0 Å². The van der Waals surface area contributed by atoms with E-state index in [1.807, 2.05) is 24.3 Å². The van der Waals surface area contributed by atoms with Crippen LogP contribution in [0.3, 0.4) is 0 Å². The SMILES string of the molecule is CCNC(=NCc1cccc(OCC(=O)NC2CC2)c1)NCCCOC1CCCCC1. The van der Waals surface area contributed by atoms with Crippen LogP contribution in [0.1, 0.15) is 63.9 Å². The third-order valence-electron chi connectivity index (χ3n) is 5.49. The van der Waals surface area contributed by atoms with Crippen LogP contribution in [0.5, 0.6) is 5.75 Å². The Kier molecular flexibility index (Phi) is 9.96. The number of amides is 1. The van der Waals surface area contributed by atoms with Crippen LogP contribution in [0, 0.1) is 0 Å². The molecule has 7 heteroatoms. The molecule has 0 saturated heterocycles. The Morgan fingerprint density at radius 3 is 2.74 bits per heavy atom. The molecule has 2 aliphatic rings. The van der Waals surface area contributed by atoms with Gasteiger partial charge in [0.05, 0.1) is 12.6 Å². The molecule has 0 aromatic heterocycles. The molecule has 0 spiro atoms. The van der Waals surface area contributed by atoms with Gasteiger partial charge in [0.25, 0.3) is 5.91 Å². The minimum atomic E-state index is -0.0583. The zero-order chi connectivity index (χ0) is 21.7. The van der Waals surface area contributed by atoms with E-state index in [0.717, 1.165) is 50.5 Å². The predicted molar refractivity (Wildman–Crippen MR) is 123 cm³/mol. The highest BCUT2D eigenvalue weighted by Gasteiger charge is 2.23. The van der Waals surface area contributed by atoms with Crippen molar-refractivity contribution in [3.8, 4) is 5.75 Å². The Hall–Kier alpha value is -2.28. The first-order valence-corrected chi connectivity index (χ1v) is 11.9. The molecule has 2 saturated carbocycles. The summed E-state index contributed by atoms with van der Waals surface area (Å²) in [6, 6.07) is 8.11. The van der Waals surface area contributed by atoms with E-state index in [2.05, 4.69) is 27.9 Å². The maximum absolute atomic E-state index is 11.8. The Morgan fingerprint density at radius 2 is 1.97 bits per heavy atom. The number of benzene rings is 1. The molecule has 1 aromatic carbocycles. The number of ether oxygens (including phenoxy) is 2. The first kappa shape index (κ1) is 23.4. The lowest BCUT2D eigenvalue weighted by atomic mass is 9.98. The van der Waals surface area contributed by atoms with Crippen LogP contribution in [-0.4, -0.2) is 50.3 Å². The number of aliphatic imine (C=N–C) groups is 1. The smallest absolute Gasteiger partial charge is 0.258 e. The summed E-state index contributed by atoms with van der Waals surface area (Å²) in [6.07, 6.45) is 9.98. The molecule has 3 N–H and O–H groups in total. The van der Waals surface area contributed by atoms with Crippen molar-refractivity contribution in [2.24, 2.45) is 4.99 Å². The Balaban J connectivity index is 1.37. The predicted octanol–water partition coefficient (Wildman–Crippen LogP) is 3.14. The summed E-state index contributed by atoms with van der Waals surface area (Å²) < 4.78 is 11.6. The van der Waals surface area contributed by atoms with Gasteiger partial charge in [-0.05, 0) is 56.7 Å². The summed E-state index contributed by atoms with van der Waals surface area (Å²) in [5, 5.41) is 9.60. The average Bonchev–Trinajstić information content (AvgIpc) is 3.61. The van der Waals surface area contributed by atoms with Gasteiger partial charge in [-0.3, -0.25) is 4.79 Å². The van der Waals surface area contributed by atoms with Crippen molar-refractivity contribution in [2.75, 3.05) is 26.3 Å². The summed E-state index contributed by atoms with van der Waals surface area (Å²) in [4.78, 5) is 16.5. The zero-order valence-corrected chi connectivity index (χ0v) is 18.8. The molecule has 31 heavy (non-hydrogen) atoms. The second kappa shape index (κ2) is 13.2. The van der Waals surface area contributed by atoms with E-state index in [1.165, 1.54) is 32.1 Å². The van der Waals surface area contributed by atoms with Crippen molar-refractivity contribution in [3.63, 3.8) is 0 Å². The summed E-state index contributed by atoms with van der Waals surface area (Å²) in [7, 11) is 0. The fraction of sp³-hybridized carbons (Fsp3) is 0.667. The standard InChI is InChI=1S/C24H38N4O3/c1-2-25-24(26-14-7-15-30-21-9-4-3-5-10-21)27-17-19-8-6-11-22(16-19)31-18-23(29)28-20-12-13-20/h6,8,11,16,20-21H,2-5,7,9-10,12-15,17-18H2,1H3,(H,28,29)(H2,25,26,27). The second-order valence-electron chi connectivity index (χ2n) is 8.38. The van der Waals surface area contributed by atoms with E-state index in [9.17, 15) is 4.79 Å². The maximum atomic E-state index is 11.8. The number of guanidine groups is 1. The fourth-order valence-corrected chi connectivity index (χ4v) is 3.65. The van der Waals surface area contributed by atoms with Crippen molar-refractivity contribution in [3.05, 3.63) is 29.8 Å². The molecule has 2 fully saturated rings. The van der Waals surface area contributed by atoms with E-state index in [4.69, 9.17) is 9.47 Å². The number of hydrogen-bond acceptors (Lipinski definition) is 4. The van der Waals surface area contributed by atoms with Crippen LogP contribution in [0.15, 0.2) is 29.3 Å². The minimum Gasteiger partial charge on any atom is -0.484 e. The molecule has 2 aliphatic carbocycles. The average molecular weight is 431 g/mol.